The van der Waals surface area contributed by atoms with Crippen molar-refractivity contribution in [3.05, 3.63) is 52.3 Å². The number of aromatic nitrogens is 3. The van der Waals surface area contributed by atoms with Gasteiger partial charge < -0.3 is 15.0 Å². The normalized spacial score (nSPS) is 21.1. The van der Waals surface area contributed by atoms with Crippen LogP contribution < -0.4 is 10.1 Å². The van der Waals surface area contributed by atoms with Crippen molar-refractivity contribution in [2.75, 3.05) is 13.1 Å². The number of hydrogen-bond acceptors (Lipinski definition) is 6. The average Bonchev–Trinajstić information content (AvgIpc) is 3.10. The molecular weight excluding hydrogens is 438 g/mol. The van der Waals surface area contributed by atoms with Gasteiger partial charge in [0.05, 0.1) is 21.6 Å². The smallest absolute Gasteiger partial charge is 0.392 e. The highest BCUT2D eigenvalue weighted by atomic mass is 32.1. The Morgan fingerprint density at radius 3 is 2.79 bits per heavy atom. The fourth-order valence-corrected chi connectivity index (χ4v) is 5.66. The van der Waals surface area contributed by atoms with E-state index in [0.717, 1.165) is 33.1 Å². The minimum atomic E-state index is -0.542. The van der Waals surface area contributed by atoms with Gasteiger partial charge in [-0.2, -0.15) is 5.10 Å². The van der Waals surface area contributed by atoms with E-state index in [1.807, 2.05) is 43.9 Å². The second-order valence-electron chi connectivity index (χ2n) is 8.98. The number of piperidine rings is 1. The molecule has 0 bridgehead atoms. The molecule has 1 N–H and O–H groups in total. The minimum Gasteiger partial charge on any atom is -0.392 e. The van der Waals surface area contributed by atoms with E-state index in [1.54, 1.807) is 24.5 Å². The molecule has 5 rings (SSSR count). The summed E-state index contributed by atoms with van der Waals surface area (Å²) in [6, 6.07) is 9.80. The number of rotatable bonds is 5. The van der Waals surface area contributed by atoms with Crippen LogP contribution in [-0.2, 0) is 7.05 Å². The molecule has 3 atom stereocenters. The molecule has 172 valence electrons. The molecule has 0 spiro atoms. The van der Waals surface area contributed by atoms with E-state index >= 15 is 0 Å². The maximum atomic E-state index is 13.6. The molecule has 1 saturated carbocycles. The van der Waals surface area contributed by atoms with E-state index < -0.39 is 6.09 Å². The lowest BCUT2D eigenvalue weighted by molar-refractivity contribution is 0.0699. The fourth-order valence-electron chi connectivity index (χ4n) is 4.76. The SMILES string of the molecule is Cc1cccc(-c2sc(C)nc2C(=O)N2C[C@@H]3C[C@@H]3[C@H]2CNC(=O)Oc2cc(C)nn2C)c1. The average molecular weight is 466 g/mol. The third-order valence-electron chi connectivity index (χ3n) is 6.39. The van der Waals surface area contributed by atoms with Crippen molar-refractivity contribution in [3.63, 3.8) is 0 Å². The Bertz CT molecular complexity index is 1230. The Morgan fingerprint density at radius 2 is 2.06 bits per heavy atom. The van der Waals surface area contributed by atoms with Crippen LogP contribution in [0.15, 0.2) is 30.3 Å². The van der Waals surface area contributed by atoms with Gasteiger partial charge in [-0.25, -0.2) is 14.5 Å². The molecule has 1 saturated heterocycles. The summed E-state index contributed by atoms with van der Waals surface area (Å²) in [6.45, 7) is 6.87. The van der Waals surface area contributed by atoms with E-state index in [9.17, 15) is 9.59 Å². The third-order valence-corrected chi connectivity index (χ3v) is 7.41. The molecule has 9 heteroatoms. The topological polar surface area (TPSA) is 89.3 Å². The number of likely N-dealkylation sites (tertiary alicyclic amines) is 1. The lowest BCUT2D eigenvalue weighted by atomic mass is 10.1. The molecule has 3 aromatic rings. The van der Waals surface area contributed by atoms with E-state index in [1.165, 1.54) is 4.68 Å². The number of carbonyl (C=O) groups excluding carboxylic acids is 2. The van der Waals surface area contributed by atoms with Crippen LogP contribution in [0.3, 0.4) is 0 Å². The summed E-state index contributed by atoms with van der Waals surface area (Å²) in [7, 11) is 1.73. The Morgan fingerprint density at radius 1 is 1.24 bits per heavy atom. The van der Waals surface area contributed by atoms with Crippen LogP contribution in [0.5, 0.6) is 5.88 Å². The number of carbonyl (C=O) groups is 2. The predicted molar refractivity (Wildman–Crippen MR) is 125 cm³/mol. The Labute approximate surface area is 196 Å². The Kier molecular flexibility index (Phi) is 5.44. The van der Waals surface area contributed by atoms with Gasteiger partial charge >= 0.3 is 6.09 Å². The first-order chi connectivity index (χ1) is 15.8. The fraction of sp³-hybridized carbons (Fsp3) is 0.417. The second-order valence-corrected chi connectivity index (χ2v) is 10.2. The predicted octanol–water partition coefficient (Wildman–Crippen LogP) is 3.72. The van der Waals surface area contributed by atoms with Gasteiger partial charge in [0.2, 0.25) is 5.88 Å². The van der Waals surface area contributed by atoms with Crippen LogP contribution in [0, 0.1) is 32.6 Å². The monoisotopic (exact) mass is 465 g/mol. The number of fused-ring (bicyclic) bond motifs is 1. The van der Waals surface area contributed by atoms with E-state index in [0.29, 0.717) is 36.5 Å². The van der Waals surface area contributed by atoms with Crippen molar-refractivity contribution < 1.29 is 14.3 Å². The molecule has 2 amide bonds. The molecule has 3 heterocycles. The van der Waals surface area contributed by atoms with Crippen LogP contribution in [0.1, 0.15) is 33.2 Å². The number of nitrogens with zero attached hydrogens (tertiary/aromatic N) is 4. The quantitative estimate of drug-likeness (QED) is 0.620. The molecule has 2 aromatic heterocycles. The summed E-state index contributed by atoms with van der Waals surface area (Å²) in [5, 5.41) is 7.90. The first-order valence-electron chi connectivity index (χ1n) is 11.1. The maximum absolute atomic E-state index is 13.6. The third kappa shape index (κ3) is 4.25. The van der Waals surface area contributed by atoms with E-state index in [-0.39, 0.29) is 11.9 Å². The molecule has 1 aromatic carbocycles. The van der Waals surface area contributed by atoms with Crippen molar-refractivity contribution in [2.45, 2.75) is 33.2 Å². The summed E-state index contributed by atoms with van der Waals surface area (Å²) in [5.74, 6) is 1.23. The number of hydrogen-bond donors (Lipinski definition) is 1. The number of benzene rings is 1. The molecular formula is C24H27N5O3S. The zero-order valence-corrected chi connectivity index (χ0v) is 20.0. The Hall–Kier alpha value is -3.20. The van der Waals surface area contributed by atoms with Gasteiger partial charge in [-0.15, -0.1) is 11.3 Å². The molecule has 2 aliphatic rings. The molecule has 1 aliphatic heterocycles. The summed E-state index contributed by atoms with van der Waals surface area (Å²) < 4.78 is 6.91. The summed E-state index contributed by atoms with van der Waals surface area (Å²) in [6.07, 6.45) is 0.548. The number of aryl methyl sites for hydroxylation is 4. The summed E-state index contributed by atoms with van der Waals surface area (Å²) >= 11 is 1.54. The first kappa shape index (κ1) is 21.6. The van der Waals surface area contributed by atoms with E-state index in [2.05, 4.69) is 21.5 Å². The number of nitrogens with one attached hydrogen (secondary N) is 1. The van der Waals surface area contributed by atoms with Gasteiger partial charge in [-0.3, -0.25) is 4.79 Å². The van der Waals surface area contributed by atoms with Crippen molar-refractivity contribution in [2.24, 2.45) is 18.9 Å². The highest BCUT2D eigenvalue weighted by Crippen LogP contribution is 2.50. The van der Waals surface area contributed by atoms with Gasteiger partial charge in [0.25, 0.3) is 5.91 Å². The van der Waals surface area contributed by atoms with Crippen molar-refractivity contribution >= 4 is 23.3 Å². The highest BCUT2D eigenvalue weighted by molar-refractivity contribution is 7.15. The lowest BCUT2D eigenvalue weighted by Crippen LogP contribution is -2.46. The van der Waals surface area contributed by atoms with Gasteiger partial charge in [0.1, 0.15) is 5.69 Å². The maximum Gasteiger partial charge on any atom is 0.414 e. The van der Waals surface area contributed by atoms with Gasteiger partial charge in [-0.1, -0.05) is 29.8 Å². The first-order valence-corrected chi connectivity index (χ1v) is 11.9. The van der Waals surface area contributed by atoms with Gasteiger partial charge in [0, 0.05) is 26.2 Å². The van der Waals surface area contributed by atoms with Crippen LogP contribution >= 0.6 is 11.3 Å². The van der Waals surface area contributed by atoms with Crippen molar-refractivity contribution in [3.8, 4) is 16.3 Å². The summed E-state index contributed by atoms with van der Waals surface area (Å²) in [5.41, 5.74) is 3.43. The van der Waals surface area contributed by atoms with Crippen LogP contribution in [0.2, 0.25) is 0 Å². The number of amides is 2. The molecule has 2 fully saturated rings. The minimum absolute atomic E-state index is 0.0595. The number of ether oxygens (including phenoxy) is 1. The Balaban J connectivity index is 1.31. The molecule has 1 aliphatic carbocycles. The zero-order valence-electron chi connectivity index (χ0n) is 19.2. The van der Waals surface area contributed by atoms with Crippen LogP contribution in [0.4, 0.5) is 4.79 Å². The molecule has 33 heavy (non-hydrogen) atoms. The number of thiazole rings is 1. The second kappa shape index (κ2) is 8.30. The van der Waals surface area contributed by atoms with E-state index in [4.69, 9.17) is 4.74 Å². The molecule has 0 unspecified atom stereocenters. The van der Waals surface area contributed by atoms with Gasteiger partial charge in [-0.05, 0) is 44.6 Å². The molecule has 8 nitrogen and oxygen atoms in total. The largest absolute Gasteiger partial charge is 0.414 e. The van der Waals surface area contributed by atoms with Crippen molar-refractivity contribution in [1.82, 2.24) is 25.0 Å². The standard InChI is InChI=1S/C24H27N5O3S/c1-13-6-5-7-16(8-13)22-21(26-15(3)33-22)23(30)29-12-17-10-18(17)19(29)11-25-24(31)32-20-9-14(2)27-28(20)4/h5-9,17-19H,10-12H2,1-4H3,(H,25,31)/t17-,18-,19+/m0/s1. The lowest BCUT2D eigenvalue weighted by Gasteiger charge is -2.27. The van der Waals surface area contributed by atoms with Crippen molar-refractivity contribution in [1.29, 1.82) is 0 Å². The van der Waals surface area contributed by atoms with Crippen LogP contribution in [0.25, 0.3) is 10.4 Å². The molecule has 0 radical (unpaired) electrons. The van der Waals surface area contributed by atoms with Crippen LogP contribution in [-0.4, -0.2) is 50.8 Å². The highest BCUT2D eigenvalue weighted by Gasteiger charge is 2.54. The van der Waals surface area contributed by atoms with Gasteiger partial charge in [0.15, 0.2) is 0 Å². The summed E-state index contributed by atoms with van der Waals surface area (Å²) in [4.78, 5) is 33.4. The zero-order chi connectivity index (χ0) is 23.3.